The Bertz CT molecular complexity index is 982. The number of nitrogens with zero attached hydrogens (tertiary/aromatic N) is 2. The van der Waals surface area contributed by atoms with Crippen LogP contribution in [0.1, 0.15) is 17.5 Å². The van der Waals surface area contributed by atoms with Crippen LogP contribution in [0.4, 0.5) is 9.52 Å². The average Bonchev–Trinajstić information content (AvgIpc) is 3.23. The van der Waals surface area contributed by atoms with Crippen molar-refractivity contribution in [3.8, 4) is 0 Å². The fourth-order valence-electron chi connectivity index (χ4n) is 2.66. The molecule has 3 aromatic rings. The number of thiazole rings is 1. The van der Waals surface area contributed by atoms with E-state index >= 15 is 0 Å². The number of oxime groups is 1. The minimum atomic E-state index is -0.715. The molecule has 1 N–H and O–H groups in total. The second-order valence-electron chi connectivity index (χ2n) is 5.77. The Morgan fingerprint density at radius 3 is 2.84 bits per heavy atom. The normalized spacial score (nSPS) is 16.6. The molecule has 0 spiro atoms. The van der Waals surface area contributed by atoms with Gasteiger partial charge in [0.15, 0.2) is 5.13 Å². The first kappa shape index (κ1) is 15.7. The van der Waals surface area contributed by atoms with Gasteiger partial charge in [-0.05, 0) is 36.2 Å². The lowest BCUT2D eigenvalue weighted by molar-refractivity contribution is -0.125. The van der Waals surface area contributed by atoms with Crippen molar-refractivity contribution in [3.05, 3.63) is 59.4 Å². The van der Waals surface area contributed by atoms with E-state index in [1.165, 1.54) is 23.5 Å². The van der Waals surface area contributed by atoms with Crippen LogP contribution in [0.3, 0.4) is 0 Å². The summed E-state index contributed by atoms with van der Waals surface area (Å²) in [4.78, 5) is 22.1. The fraction of sp³-hybridized carbons (Fsp3) is 0.167. The van der Waals surface area contributed by atoms with E-state index in [-0.39, 0.29) is 11.7 Å². The van der Waals surface area contributed by atoms with Crippen LogP contribution in [0.5, 0.6) is 0 Å². The first-order valence-corrected chi connectivity index (χ1v) is 8.57. The summed E-state index contributed by atoms with van der Waals surface area (Å²) < 4.78 is 14.0. The molecule has 126 valence electrons. The summed E-state index contributed by atoms with van der Waals surface area (Å²) in [5, 5.41) is 7.28. The number of halogens is 1. The van der Waals surface area contributed by atoms with Gasteiger partial charge in [-0.2, -0.15) is 0 Å². The summed E-state index contributed by atoms with van der Waals surface area (Å²) >= 11 is 1.42. The molecule has 2 heterocycles. The second-order valence-corrected chi connectivity index (χ2v) is 6.80. The maximum Gasteiger partial charge on any atom is 0.270 e. The van der Waals surface area contributed by atoms with Crippen molar-refractivity contribution < 1.29 is 14.0 Å². The third-order valence-corrected chi connectivity index (χ3v) is 4.93. The summed E-state index contributed by atoms with van der Waals surface area (Å²) in [6, 6.07) is 11.9. The van der Waals surface area contributed by atoms with E-state index in [0.29, 0.717) is 17.3 Å². The van der Waals surface area contributed by atoms with Crippen LogP contribution in [0.25, 0.3) is 10.2 Å². The summed E-state index contributed by atoms with van der Waals surface area (Å²) in [6.07, 6.45) is -0.380. The van der Waals surface area contributed by atoms with Gasteiger partial charge in [0.2, 0.25) is 6.10 Å². The molecule has 2 aromatic carbocycles. The first-order chi connectivity index (χ1) is 12.1. The molecule has 25 heavy (non-hydrogen) atoms. The molecule has 4 rings (SSSR count). The fourth-order valence-corrected chi connectivity index (χ4v) is 3.60. The monoisotopic (exact) mass is 355 g/mol. The largest absolute Gasteiger partial charge is 0.382 e. The standard InChI is InChI=1S/C18H14FN3O2S/c1-10-3-2-4-15-16(10)20-18(25-15)21-17(23)14-9-13(22-24-14)11-5-7-12(19)8-6-11/h2-8,14H,9H2,1H3,(H,20,21,23). The maximum atomic E-state index is 13.0. The van der Waals surface area contributed by atoms with E-state index in [2.05, 4.69) is 15.5 Å². The number of aryl methyl sites for hydroxylation is 1. The van der Waals surface area contributed by atoms with Crippen molar-refractivity contribution in [1.29, 1.82) is 0 Å². The lowest BCUT2D eigenvalue weighted by atomic mass is 10.0. The summed E-state index contributed by atoms with van der Waals surface area (Å²) in [5.41, 5.74) is 3.32. The van der Waals surface area contributed by atoms with E-state index in [4.69, 9.17) is 4.84 Å². The molecule has 0 fully saturated rings. The van der Waals surface area contributed by atoms with Gasteiger partial charge in [-0.3, -0.25) is 10.1 Å². The number of benzene rings is 2. The molecule has 1 unspecified atom stereocenters. The van der Waals surface area contributed by atoms with Crippen molar-refractivity contribution in [1.82, 2.24) is 4.98 Å². The third-order valence-electron chi connectivity index (χ3n) is 3.99. The van der Waals surface area contributed by atoms with Gasteiger partial charge in [-0.25, -0.2) is 9.37 Å². The Labute approximate surface area is 147 Å². The first-order valence-electron chi connectivity index (χ1n) is 7.76. The quantitative estimate of drug-likeness (QED) is 0.776. The molecule has 1 aromatic heterocycles. The van der Waals surface area contributed by atoms with Crippen molar-refractivity contribution >= 4 is 38.3 Å². The van der Waals surface area contributed by atoms with Crippen molar-refractivity contribution in [2.24, 2.45) is 5.16 Å². The molecule has 1 amide bonds. The van der Waals surface area contributed by atoms with E-state index in [1.807, 2.05) is 25.1 Å². The zero-order chi connectivity index (χ0) is 17.4. The van der Waals surface area contributed by atoms with Crippen LogP contribution in [0.15, 0.2) is 47.6 Å². The molecule has 0 saturated heterocycles. The number of rotatable bonds is 3. The number of carbonyl (C=O) groups excluding carboxylic acids is 1. The topological polar surface area (TPSA) is 63.6 Å². The van der Waals surface area contributed by atoms with Crippen LogP contribution in [0.2, 0.25) is 0 Å². The molecular weight excluding hydrogens is 341 g/mol. The molecule has 1 aliphatic rings. The average molecular weight is 355 g/mol. The van der Waals surface area contributed by atoms with Crippen LogP contribution in [-0.4, -0.2) is 22.7 Å². The lowest BCUT2D eigenvalue weighted by Crippen LogP contribution is -2.27. The molecule has 5 nitrogen and oxygen atoms in total. The molecule has 0 bridgehead atoms. The summed E-state index contributed by atoms with van der Waals surface area (Å²) in [5.74, 6) is -0.610. The second kappa shape index (κ2) is 6.25. The Kier molecular flexibility index (Phi) is 3.93. The minimum absolute atomic E-state index is 0.294. The molecule has 1 atom stereocenters. The van der Waals surface area contributed by atoms with E-state index in [0.717, 1.165) is 21.3 Å². The van der Waals surface area contributed by atoms with Gasteiger partial charge < -0.3 is 4.84 Å². The van der Waals surface area contributed by atoms with Gasteiger partial charge in [-0.1, -0.05) is 40.8 Å². The minimum Gasteiger partial charge on any atom is -0.382 e. The number of amides is 1. The van der Waals surface area contributed by atoms with E-state index in [9.17, 15) is 9.18 Å². The van der Waals surface area contributed by atoms with Crippen LogP contribution in [-0.2, 0) is 9.63 Å². The smallest absolute Gasteiger partial charge is 0.270 e. The molecule has 7 heteroatoms. The number of hydrogen-bond donors (Lipinski definition) is 1. The number of hydrogen-bond acceptors (Lipinski definition) is 5. The van der Waals surface area contributed by atoms with Gasteiger partial charge in [-0.15, -0.1) is 0 Å². The Balaban J connectivity index is 1.45. The molecule has 0 aliphatic carbocycles. The number of anilines is 1. The predicted molar refractivity (Wildman–Crippen MR) is 95.4 cm³/mol. The molecule has 0 radical (unpaired) electrons. The number of carbonyl (C=O) groups is 1. The van der Waals surface area contributed by atoms with Crippen molar-refractivity contribution in [2.75, 3.05) is 5.32 Å². The van der Waals surface area contributed by atoms with E-state index < -0.39 is 6.10 Å². The molecule has 0 saturated carbocycles. The Hall–Kier alpha value is -2.80. The number of fused-ring (bicyclic) bond motifs is 1. The lowest BCUT2D eigenvalue weighted by Gasteiger charge is -2.06. The zero-order valence-electron chi connectivity index (χ0n) is 13.3. The van der Waals surface area contributed by atoms with Gasteiger partial charge in [0, 0.05) is 6.42 Å². The zero-order valence-corrected chi connectivity index (χ0v) is 14.1. The van der Waals surface area contributed by atoms with Gasteiger partial charge in [0.05, 0.1) is 15.9 Å². The van der Waals surface area contributed by atoms with Crippen molar-refractivity contribution in [3.63, 3.8) is 0 Å². The SMILES string of the molecule is Cc1cccc2sc(NC(=O)C3CC(c4ccc(F)cc4)=NO3)nc12. The van der Waals surface area contributed by atoms with Gasteiger partial charge >= 0.3 is 0 Å². The molecular formula is C18H14FN3O2S. The highest BCUT2D eigenvalue weighted by Gasteiger charge is 2.29. The van der Waals surface area contributed by atoms with E-state index in [1.54, 1.807) is 12.1 Å². The number of nitrogens with one attached hydrogen (secondary N) is 1. The Morgan fingerprint density at radius 2 is 2.08 bits per heavy atom. The highest BCUT2D eigenvalue weighted by atomic mass is 32.1. The van der Waals surface area contributed by atoms with Crippen LogP contribution in [0, 0.1) is 12.7 Å². The Morgan fingerprint density at radius 1 is 1.28 bits per heavy atom. The van der Waals surface area contributed by atoms with Crippen LogP contribution < -0.4 is 5.32 Å². The number of para-hydroxylation sites is 1. The summed E-state index contributed by atoms with van der Waals surface area (Å²) in [6.45, 7) is 1.98. The highest BCUT2D eigenvalue weighted by molar-refractivity contribution is 7.22. The van der Waals surface area contributed by atoms with Gasteiger partial charge in [0.1, 0.15) is 5.82 Å². The van der Waals surface area contributed by atoms with Crippen LogP contribution >= 0.6 is 11.3 Å². The number of aromatic nitrogens is 1. The maximum absolute atomic E-state index is 13.0. The third kappa shape index (κ3) is 3.10. The van der Waals surface area contributed by atoms with Crippen molar-refractivity contribution in [2.45, 2.75) is 19.4 Å². The highest BCUT2D eigenvalue weighted by Crippen LogP contribution is 2.28. The molecule has 1 aliphatic heterocycles. The summed E-state index contributed by atoms with van der Waals surface area (Å²) in [7, 11) is 0. The van der Waals surface area contributed by atoms with Gasteiger partial charge in [0.25, 0.3) is 5.91 Å². The predicted octanol–water partition coefficient (Wildman–Crippen LogP) is 3.88.